The SMILES string of the molecule is COc1cc(NC(=O)OC(C)(C)C)c(C(C)C(=O)O)cc1OC. The molecule has 0 heterocycles. The lowest BCUT2D eigenvalue weighted by Crippen LogP contribution is -2.27. The Balaban J connectivity index is 3.26. The number of aliphatic carboxylic acids is 1. The molecule has 2 N–H and O–H groups in total. The van der Waals surface area contributed by atoms with Gasteiger partial charge in [-0.05, 0) is 39.3 Å². The smallest absolute Gasteiger partial charge is 0.412 e. The Labute approximate surface area is 135 Å². The van der Waals surface area contributed by atoms with Crippen molar-refractivity contribution < 1.29 is 28.9 Å². The molecular formula is C16H23NO6. The highest BCUT2D eigenvalue weighted by Crippen LogP contribution is 2.37. The molecule has 1 rings (SSSR count). The first-order chi connectivity index (χ1) is 10.6. The summed E-state index contributed by atoms with van der Waals surface area (Å²) >= 11 is 0. The largest absolute Gasteiger partial charge is 0.493 e. The molecule has 0 saturated heterocycles. The van der Waals surface area contributed by atoms with Crippen molar-refractivity contribution in [3.8, 4) is 11.5 Å². The molecule has 0 fully saturated rings. The molecular weight excluding hydrogens is 302 g/mol. The van der Waals surface area contributed by atoms with Crippen LogP contribution in [0.4, 0.5) is 10.5 Å². The third-order valence-electron chi connectivity index (χ3n) is 3.03. The highest BCUT2D eigenvalue weighted by Gasteiger charge is 2.23. The molecule has 128 valence electrons. The van der Waals surface area contributed by atoms with Crippen LogP contribution in [0.25, 0.3) is 0 Å². The van der Waals surface area contributed by atoms with E-state index in [2.05, 4.69) is 5.32 Å². The van der Waals surface area contributed by atoms with Gasteiger partial charge in [0.1, 0.15) is 5.60 Å². The number of carboxylic acid groups (broad SMARTS) is 1. The van der Waals surface area contributed by atoms with Crippen LogP contribution < -0.4 is 14.8 Å². The van der Waals surface area contributed by atoms with Gasteiger partial charge in [0.05, 0.1) is 25.8 Å². The second-order valence-corrected chi connectivity index (χ2v) is 5.98. The molecule has 7 heteroatoms. The number of hydrogen-bond donors (Lipinski definition) is 2. The molecule has 0 aromatic heterocycles. The maximum absolute atomic E-state index is 12.0. The normalized spacial score (nSPS) is 12.3. The molecule has 0 aliphatic rings. The van der Waals surface area contributed by atoms with Crippen molar-refractivity contribution in [1.82, 2.24) is 0 Å². The van der Waals surface area contributed by atoms with Crippen LogP contribution >= 0.6 is 0 Å². The first kappa shape index (κ1) is 18.6. The molecule has 1 aromatic rings. The van der Waals surface area contributed by atoms with Crippen LogP contribution in [0.5, 0.6) is 11.5 Å². The summed E-state index contributed by atoms with van der Waals surface area (Å²) in [4.78, 5) is 23.3. The summed E-state index contributed by atoms with van der Waals surface area (Å²) in [5.74, 6) is -1.12. The predicted octanol–water partition coefficient (Wildman–Crippen LogP) is 3.24. The van der Waals surface area contributed by atoms with Crippen LogP contribution in [-0.2, 0) is 9.53 Å². The lowest BCUT2D eigenvalue weighted by atomic mass is 9.98. The number of benzene rings is 1. The van der Waals surface area contributed by atoms with E-state index in [-0.39, 0.29) is 0 Å². The number of anilines is 1. The van der Waals surface area contributed by atoms with Crippen LogP contribution in [0, 0.1) is 0 Å². The summed E-state index contributed by atoms with van der Waals surface area (Å²) in [6, 6.07) is 3.04. The van der Waals surface area contributed by atoms with E-state index in [1.54, 1.807) is 20.8 Å². The zero-order valence-corrected chi connectivity index (χ0v) is 14.2. The van der Waals surface area contributed by atoms with Crippen LogP contribution in [-0.4, -0.2) is 37.0 Å². The summed E-state index contributed by atoms with van der Waals surface area (Å²) in [5.41, 5.74) is 0.0203. The average Bonchev–Trinajstić information content (AvgIpc) is 2.43. The van der Waals surface area contributed by atoms with Crippen molar-refractivity contribution in [1.29, 1.82) is 0 Å². The molecule has 1 aromatic carbocycles. The highest BCUT2D eigenvalue weighted by molar-refractivity contribution is 5.89. The molecule has 0 radical (unpaired) electrons. The fourth-order valence-corrected chi connectivity index (χ4v) is 1.91. The van der Waals surface area contributed by atoms with Crippen LogP contribution in [0.3, 0.4) is 0 Å². The molecule has 0 spiro atoms. The Morgan fingerprint density at radius 1 is 1.13 bits per heavy atom. The minimum atomic E-state index is -1.02. The van der Waals surface area contributed by atoms with Gasteiger partial charge in [0.25, 0.3) is 0 Å². The summed E-state index contributed by atoms with van der Waals surface area (Å²) in [5, 5.41) is 11.8. The zero-order chi connectivity index (χ0) is 17.8. The topological polar surface area (TPSA) is 94.1 Å². The van der Waals surface area contributed by atoms with Crippen molar-refractivity contribution in [2.24, 2.45) is 0 Å². The average molecular weight is 325 g/mol. The van der Waals surface area contributed by atoms with E-state index in [0.717, 1.165) is 0 Å². The zero-order valence-electron chi connectivity index (χ0n) is 14.2. The maximum atomic E-state index is 12.0. The van der Waals surface area contributed by atoms with E-state index < -0.39 is 23.6 Å². The number of nitrogens with one attached hydrogen (secondary N) is 1. The molecule has 0 saturated carbocycles. The van der Waals surface area contributed by atoms with Crippen LogP contribution in [0.15, 0.2) is 12.1 Å². The van der Waals surface area contributed by atoms with Gasteiger partial charge >= 0.3 is 12.1 Å². The Morgan fingerprint density at radius 3 is 2.09 bits per heavy atom. The lowest BCUT2D eigenvalue weighted by molar-refractivity contribution is -0.138. The van der Waals surface area contributed by atoms with E-state index in [4.69, 9.17) is 14.2 Å². The second-order valence-electron chi connectivity index (χ2n) is 5.98. The van der Waals surface area contributed by atoms with Crippen molar-refractivity contribution in [3.05, 3.63) is 17.7 Å². The summed E-state index contributed by atoms with van der Waals surface area (Å²) in [7, 11) is 2.91. The molecule has 7 nitrogen and oxygen atoms in total. The Hall–Kier alpha value is -2.44. The van der Waals surface area contributed by atoms with Gasteiger partial charge < -0.3 is 19.3 Å². The van der Waals surface area contributed by atoms with Gasteiger partial charge in [-0.25, -0.2) is 4.79 Å². The predicted molar refractivity (Wildman–Crippen MR) is 85.5 cm³/mol. The van der Waals surface area contributed by atoms with Crippen molar-refractivity contribution >= 4 is 17.7 Å². The van der Waals surface area contributed by atoms with E-state index in [1.165, 1.54) is 33.3 Å². The standard InChI is InChI=1S/C16H23NO6/c1-9(14(18)19)10-7-12(21-5)13(22-6)8-11(10)17-15(20)23-16(2,3)4/h7-9H,1-6H3,(H,17,20)(H,18,19). The molecule has 23 heavy (non-hydrogen) atoms. The third kappa shape index (κ3) is 5.05. The van der Waals surface area contributed by atoms with Crippen molar-refractivity contribution in [2.75, 3.05) is 19.5 Å². The number of carbonyl (C=O) groups excluding carboxylic acids is 1. The molecule has 0 aliphatic heterocycles. The van der Waals surface area contributed by atoms with Crippen LogP contribution in [0.2, 0.25) is 0 Å². The van der Waals surface area contributed by atoms with E-state index in [0.29, 0.717) is 22.7 Å². The molecule has 1 amide bonds. The first-order valence-electron chi connectivity index (χ1n) is 7.07. The lowest BCUT2D eigenvalue weighted by Gasteiger charge is -2.22. The number of rotatable bonds is 5. The van der Waals surface area contributed by atoms with Gasteiger partial charge in [-0.3, -0.25) is 10.1 Å². The number of carbonyl (C=O) groups is 2. The molecule has 0 bridgehead atoms. The number of amides is 1. The third-order valence-corrected chi connectivity index (χ3v) is 3.03. The van der Waals surface area contributed by atoms with Gasteiger partial charge in [-0.1, -0.05) is 0 Å². The fraction of sp³-hybridized carbons (Fsp3) is 0.500. The summed E-state index contributed by atoms with van der Waals surface area (Å²) in [6.45, 7) is 6.73. The molecule has 1 unspecified atom stereocenters. The highest BCUT2D eigenvalue weighted by atomic mass is 16.6. The van der Waals surface area contributed by atoms with Gasteiger partial charge in [0.15, 0.2) is 11.5 Å². The number of methoxy groups -OCH3 is 2. The number of ether oxygens (including phenoxy) is 3. The monoisotopic (exact) mass is 325 g/mol. The number of carboxylic acids is 1. The number of hydrogen-bond acceptors (Lipinski definition) is 5. The minimum absolute atomic E-state index is 0.298. The Bertz CT molecular complexity index is 591. The Kier molecular flexibility index (Phi) is 5.84. The van der Waals surface area contributed by atoms with Gasteiger partial charge in [0.2, 0.25) is 0 Å². The Morgan fingerprint density at radius 2 is 1.65 bits per heavy atom. The first-order valence-corrected chi connectivity index (χ1v) is 7.07. The second kappa shape index (κ2) is 7.21. The molecule has 0 aliphatic carbocycles. The van der Waals surface area contributed by atoms with E-state index in [9.17, 15) is 14.7 Å². The van der Waals surface area contributed by atoms with E-state index >= 15 is 0 Å². The molecule has 1 atom stereocenters. The van der Waals surface area contributed by atoms with Gasteiger partial charge in [-0.15, -0.1) is 0 Å². The maximum Gasteiger partial charge on any atom is 0.412 e. The van der Waals surface area contributed by atoms with Crippen molar-refractivity contribution in [3.63, 3.8) is 0 Å². The summed E-state index contributed by atoms with van der Waals surface area (Å²) in [6.07, 6.45) is -0.677. The van der Waals surface area contributed by atoms with Crippen LogP contribution in [0.1, 0.15) is 39.2 Å². The quantitative estimate of drug-likeness (QED) is 0.863. The van der Waals surface area contributed by atoms with Crippen molar-refractivity contribution in [2.45, 2.75) is 39.2 Å². The van der Waals surface area contributed by atoms with E-state index in [1.807, 2.05) is 0 Å². The fourth-order valence-electron chi connectivity index (χ4n) is 1.91. The van der Waals surface area contributed by atoms with Gasteiger partial charge in [0, 0.05) is 6.07 Å². The van der Waals surface area contributed by atoms with Gasteiger partial charge in [-0.2, -0.15) is 0 Å². The minimum Gasteiger partial charge on any atom is -0.493 e. The summed E-state index contributed by atoms with van der Waals surface area (Å²) < 4.78 is 15.6.